The SMILES string of the molecule is COc1cccc(-c2ccc(C(=CCSc3ccc(OCC(=O)O)c(C)c3)c3ccc(-c4cccc(OC)c4)cc3)cc2)c1. The van der Waals surface area contributed by atoms with E-state index in [2.05, 4.69) is 66.7 Å². The minimum atomic E-state index is -0.992. The first kappa shape index (κ1) is 30.5. The van der Waals surface area contributed by atoms with Crippen LogP contribution in [0.25, 0.3) is 27.8 Å². The fourth-order valence-corrected chi connectivity index (χ4v) is 5.79. The van der Waals surface area contributed by atoms with Gasteiger partial charge < -0.3 is 19.3 Å². The van der Waals surface area contributed by atoms with Gasteiger partial charge in [0.1, 0.15) is 17.2 Å². The molecule has 0 radical (unpaired) electrons. The molecule has 0 fully saturated rings. The molecule has 1 N–H and O–H groups in total. The van der Waals surface area contributed by atoms with Crippen molar-refractivity contribution in [1.82, 2.24) is 0 Å². The van der Waals surface area contributed by atoms with Gasteiger partial charge in [0.2, 0.25) is 0 Å². The van der Waals surface area contributed by atoms with E-state index in [4.69, 9.17) is 19.3 Å². The molecule has 0 spiro atoms. The zero-order chi connectivity index (χ0) is 30.9. The molecule has 44 heavy (non-hydrogen) atoms. The number of hydrogen-bond donors (Lipinski definition) is 1. The van der Waals surface area contributed by atoms with Crippen molar-refractivity contribution in [1.29, 1.82) is 0 Å². The lowest BCUT2D eigenvalue weighted by molar-refractivity contribution is -0.139. The Morgan fingerprint density at radius 1 is 0.705 bits per heavy atom. The van der Waals surface area contributed by atoms with E-state index in [1.54, 1.807) is 26.0 Å². The molecule has 0 aliphatic rings. The van der Waals surface area contributed by atoms with Gasteiger partial charge in [-0.15, -0.1) is 11.8 Å². The highest BCUT2D eigenvalue weighted by Crippen LogP contribution is 2.32. The number of carboxylic acid groups (broad SMARTS) is 1. The summed E-state index contributed by atoms with van der Waals surface area (Å²) in [5, 5.41) is 8.92. The quantitative estimate of drug-likeness (QED) is 0.144. The number of methoxy groups -OCH3 is 2. The second-order valence-electron chi connectivity index (χ2n) is 10.2. The van der Waals surface area contributed by atoms with Crippen LogP contribution in [-0.2, 0) is 4.79 Å². The summed E-state index contributed by atoms with van der Waals surface area (Å²) in [4.78, 5) is 12.0. The number of thioether (sulfide) groups is 1. The van der Waals surface area contributed by atoms with Gasteiger partial charge in [0.25, 0.3) is 0 Å². The molecule has 5 aromatic rings. The van der Waals surface area contributed by atoms with Crippen LogP contribution in [0.4, 0.5) is 0 Å². The van der Waals surface area contributed by atoms with E-state index in [1.807, 2.05) is 61.5 Å². The second kappa shape index (κ2) is 14.5. The Bertz CT molecular complexity index is 1660. The number of hydrogen-bond acceptors (Lipinski definition) is 5. The largest absolute Gasteiger partial charge is 0.497 e. The number of rotatable bonds is 12. The van der Waals surface area contributed by atoms with Crippen molar-refractivity contribution in [2.45, 2.75) is 11.8 Å². The van der Waals surface area contributed by atoms with Crippen LogP contribution in [0.5, 0.6) is 17.2 Å². The van der Waals surface area contributed by atoms with Gasteiger partial charge in [-0.05, 0) is 93.9 Å². The van der Waals surface area contributed by atoms with E-state index in [9.17, 15) is 4.79 Å². The van der Waals surface area contributed by atoms with E-state index in [0.717, 1.165) is 66.7 Å². The third-order valence-electron chi connectivity index (χ3n) is 7.23. The molecule has 0 aromatic heterocycles. The van der Waals surface area contributed by atoms with Crippen LogP contribution in [0.1, 0.15) is 16.7 Å². The van der Waals surface area contributed by atoms with E-state index in [1.165, 1.54) is 0 Å². The van der Waals surface area contributed by atoms with Crippen molar-refractivity contribution < 1.29 is 24.1 Å². The first-order valence-electron chi connectivity index (χ1n) is 14.2. The minimum Gasteiger partial charge on any atom is -0.497 e. The molecule has 0 saturated carbocycles. The molecule has 0 unspecified atom stereocenters. The molecule has 0 amide bonds. The van der Waals surface area contributed by atoms with Crippen LogP contribution in [0.2, 0.25) is 0 Å². The predicted octanol–water partition coefficient (Wildman–Crippen LogP) is 9.03. The third-order valence-corrected chi connectivity index (χ3v) is 8.15. The van der Waals surface area contributed by atoms with Crippen molar-refractivity contribution in [3.05, 3.63) is 138 Å². The molecule has 0 bridgehead atoms. The molecule has 6 heteroatoms. The van der Waals surface area contributed by atoms with Gasteiger partial charge in [0.05, 0.1) is 14.2 Å². The maximum Gasteiger partial charge on any atom is 0.341 e. The second-order valence-corrected chi connectivity index (χ2v) is 11.3. The first-order chi connectivity index (χ1) is 21.4. The average Bonchev–Trinajstić information content (AvgIpc) is 3.06. The normalized spacial score (nSPS) is 10.6. The molecule has 0 heterocycles. The number of carbonyl (C=O) groups is 1. The third kappa shape index (κ3) is 7.71. The van der Waals surface area contributed by atoms with Gasteiger partial charge in [-0.2, -0.15) is 0 Å². The lowest BCUT2D eigenvalue weighted by Crippen LogP contribution is -2.09. The zero-order valence-electron chi connectivity index (χ0n) is 24.9. The van der Waals surface area contributed by atoms with Crippen LogP contribution in [0, 0.1) is 6.92 Å². The Morgan fingerprint density at radius 3 is 1.73 bits per heavy atom. The Kier molecular flexibility index (Phi) is 10.1. The van der Waals surface area contributed by atoms with Crippen LogP contribution >= 0.6 is 11.8 Å². The van der Waals surface area contributed by atoms with Gasteiger partial charge in [-0.25, -0.2) is 4.79 Å². The summed E-state index contributed by atoms with van der Waals surface area (Å²) in [7, 11) is 3.36. The van der Waals surface area contributed by atoms with E-state index >= 15 is 0 Å². The molecule has 222 valence electrons. The first-order valence-corrected chi connectivity index (χ1v) is 15.2. The summed E-state index contributed by atoms with van der Waals surface area (Å²) in [6, 6.07) is 39.2. The number of aliphatic carboxylic acids is 1. The molecular formula is C38H34O5S. The molecular weight excluding hydrogens is 568 g/mol. The Morgan fingerprint density at radius 2 is 1.25 bits per heavy atom. The Labute approximate surface area is 262 Å². The van der Waals surface area contributed by atoms with Crippen LogP contribution < -0.4 is 14.2 Å². The highest BCUT2D eigenvalue weighted by molar-refractivity contribution is 7.99. The van der Waals surface area contributed by atoms with Gasteiger partial charge in [-0.1, -0.05) is 78.9 Å². The molecule has 5 aromatic carbocycles. The number of benzene rings is 5. The van der Waals surface area contributed by atoms with Gasteiger partial charge in [0.15, 0.2) is 6.61 Å². The zero-order valence-corrected chi connectivity index (χ0v) is 25.8. The van der Waals surface area contributed by atoms with Crippen LogP contribution in [0.3, 0.4) is 0 Å². The van der Waals surface area contributed by atoms with Gasteiger partial charge >= 0.3 is 5.97 Å². The van der Waals surface area contributed by atoms with Crippen LogP contribution in [-0.4, -0.2) is 37.7 Å². The van der Waals surface area contributed by atoms with Crippen molar-refractivity contribution in [2.75, 3.05) is 26.6 Å². The van der Waals surface area contributed by atoms with Crippen LogP contribution in [0.15, 0.2) is 126 Å². The van der Waals surface area contributed by atoms with E-state index in [0.29, 0.717) is 5.75 Å². The summed E-state index contributed by atoms with van der Waals surface area (Å²) >= 11 is 1.72. The lowest BCUT2D eigenvalue weighted by atomic mass is 9.94. The predicted molar refractivity (Wildman–Crippen MR) is 179 cm³/mol. The summed E-state index contributed by atoms with van der Waals surface area (Å²) in [5.41, 5.74) is 8.74. The van der Waals surface area contributed by atoms with Gasteiger partial charge in [-0.3, -0.25) is 0 Å². The van der Waals surface area contributed by atoms with E-state index < -0.39 is 5.97 Å². The summed E-state index contributed by atoms with van der Waals surface area (Å²) in [5.74, 6) is 2.00. The maximum atomic E-state index is 10.9. The fourth-order valence-electron chi connectivity index (χ4n) is 4.93. The minimum absolute atomic E-state index is 0.355. The Balaban J connectivity index is 1.42. The van der Waals surface area contributed by atoms with Crippen molar-refractivity contribution in [3.8, 4) is 39.5 Å². The fraction of sp³-hybridized carbons (Fsp3) is 0.132. The number of ether oxygens (including phenoxy) is 3. The van der Waals surface area contributed by atoms with E-state index in [-0.39, 0.29) is 6.61 Å². The summed E-state index contributed by atoms with van der Waals surface area (Å²) in [6.45, 7) is 1.57. The molecule has 0 aliphatic heterocycles. The van der Waals surface area contributed by atoms with Gasteiger partial charge in [0, 0.05) is 10.6 Å². The topological polar surface area (TPSA) is 65.0 Å². The standard InChI is InChI=1S/C38H34O5S/c1-26-22-35(18-19-37(26)43-25-38(39)40)44-21-20-36(29-14-10-27(11-15-29)31-6-4-8-33(23-31)41-2)30-16-12-28(13-17-30)32-7-5-9-34(24-32)42-3/h4-20,22-24H,21,25H2,1-3H3,(H,39,40). The highest BCUT2D eigenvalue weighted by Gasteiger charge is 2.10. The molecule has 5 nitrogen and oxygen atoms in total. The monoisotopic (exact) mass is 602 g/mol. The molecule has 0 aliphatic carbocycles. The smallest absolute Gasteiger partial charge is 0.341 e. The number of carboxylic acids is 1. The van der Waals surface area contributed by atoms with Crippen molar-refractivity contribution >= 4 is 23.3 Å². The lowest BCUT2D eigenvalue weighted by Gasteiger charge is -2.13. The molecule has 5 rings (SSSR count). The Hall–Kier alpha value is -4.94. The maximum absolute atomic E-state index is 10.9. The van der Waals surface area contributed by atoms with Crippen molar-refractivity contribution in [3.63, 3.8) is 0 Å². The summed E-state index contributed by atoms with van der Waals surface area (Å²) < 4.78 is 16.2. The summed E-state index contributed by atoms with van der Waals surface area (Å²) in [6.07, 6.45) is 2.26. The molecule has 0 saturated heterocycles. The highest BCUT2D eigenvalue weighted by atomic mass is 32.2. The van der Waals surface area contributed by atoms with Crippen molar-refractivity contribution in [2.24, 2.45) is 0 Å². The molecule has 0 atom stereocenters. The average molecular weight is 603 g/mol. The number of aryl methyl sites for hydroxylation is 1.